The number of rotatable bonds is 1. The van der Waals surface area contributed by atoms with Crippen LogP contribution in [0.5, 0.6) is 0 Å². The Morgan fingerprint density at radius 1 is 0.963 bits per heavy atom. The molecule has 3 atom stereocenters. The van der Waals surface area contributed by atoms with Crippen molar-refractivity contribution in [3.63, 3.8) is 0 Å². The average molecular weight is 354 g/mol. The zero-order valence-electron chi connectivity index (χ0n) is 15.6. The van der Waals surface area contributed by atoms with Gasteiger partial charge in [-0.2, -0.15) is 0 Å². The first-order valence-corrected chi connectivity index (χ1v) is 9.71. The van der Waals surface area contributed by atoms with E-state index in [0.717, 1.165) is 24.5 Å². The summed E-state index contributed by atoms with van der Waals surface area (Å²) in [4.78, 5) is 14.4. The number of nitrogens with zero attached hydrogens (tertiary/aromatic N) is 4. The van der Waals surface area contributed by atoms with Crippen molar-refractivity contribution in [2.75, 3.05) is 9.80 Å². The molecule has 0 N–H and O–H groups in total. The van der Waals surface area contributed by atoms with E-state index >= 15 is 0 Å². The van der Waals surface area contributed by atoms with Crippen LogP contribution in [0.25, 0.3) is 0 Å². The Hall–Kier alpha value is -2.88. The fourth-order valence-electron chi connectivity index (χ4n) is 5.29. The van der Waals surface area contributed by atoms with Gasteiger partial charge in [-0.05, 0) is 30.5 Å². The third-order valence-electron chi connectivity index (χ3n) is 7.00. The fourth-order valence-corrected chi connectivity index (χ4v) is 5.29. The van der Waals surface area contributed by atoms with E-state index in [-0.39, 0.29) is 17.0 Å². The van der Waals surface area contributed by atoms with Gasteiger partial charge in [0.1, 0.15) is 6.17 Å². The Balaban J connectivity index is 1.66. The lowest BCUT2D eigenvalue weighted by molar-refractivity contribution is 0.172. The largest absolute Gasteiger partial charge is 0.301 e. The predicted molar refractivity (Wildman–Crippen MR) is 108 cm³/mol. The molecule has 27 heavy (non-hydrogen) atoms. The summed E-state index contributed by atoms with van der Waals surface area (Å²) in [6, 6.07) is 8.77. The maximum absolute atomic E-state index is 4.77. The van der Waals surface area contributed by atoms with Gasteiger partial charge in [0, 0.05) is 34.6 Å². The highest BCUT2D eigenvalue weighted by molar-refractivity contribution is 5.86. The summed E-state index contributed by atoms with van der Waals surface area (Å²) < 4.78 is 0. The van der Waals surface area contributed by atoms with Gasteiger partial charge in [-0.25, -0.2) is 9.97 Å². The van der Waals surface area contributed by atoms with E-state index in [4.69, 9.17) is 9.97 Å². The second kappa shape index (κ2) is 4.89. The lowest BCUT2D eigenvalue weighted by atomic mass is 9.50. The number of allylic oxidation sites excluding steroid dienone is 4. The molecule has 0 fully saturated rings. The Labute approximate surface area is 159 Å². The van der Waals surface area contributed by atoms with Crippen LogP contribution in [-0.2, 0) is 5.41 Å². The van der Waals surface area contributed by atoms with Gasteiger partial charge >= 0.3 is 0 Å². The van der Waals surface area contributed by atoms with E-state index in [1.807, 2.05) is 0 Å². The molecule has 3 heterocycles. The molecule has 4 heteroatoms. The molecule has 0 bridgehead atoms. The molecule has 2 aliphatic heterocycles. The van der Waals surface area contributed by atoms with Crippen LogP contribution in [0.15, 0.2) is 72.7 Å². The van der Waals surface area contributed by atoms with E-state index in [0.29, 0.717) is 0 Å². The maximum atomic E-state index is 4.77. The normalized spacial score (nSPS) is 32.2. The van der Waals surface area contributed by atoms with Crippen molar-refractivity contribution < 1.29 is 0 Å². The molecule has 0 saturated heterocycles. The number of hydrogen-bond acceptors (Lipinski definition) is 4. The third kappa shape index (κ3) is 1.65. The quantitative estimate of drug-likeness (QED) is 0.686. The Kier molecular flexibility index (Phi) is 2.75. The van der Waals surface area contributed by atoms with Crippen LogP contribution >= 0.6 is 0 Å². The Morgan fingerprint density at radius 3 is 2.44 bits per heavy atom. The van der Waals surface area contributed by atoms with Crippen molar-refractivity contribution >= 4 is 17.3 Å². The molecule has 134 valence electrons. The number of benzene rings is 1. The van der Waals surface area contributed by atoms with Gasteiger partial charge in [-0.15, -0.1) is 0 Å². The second-order valence-electron chi connectivity index (χ2n) is 8.26. The Morgan fingerprint density at radius 2 is 1.74 bits per heavy atom. The minimum absolute atomic E-state index is 0.00396. The molecule has 4 aliphatic rings. The lowest BCUT2D eigenvalue weighted by Crippen LogP contribution is -2.65. The Bertz CT molecular complexity index is 1050. The monoisotopic (exact) mass is 354 g/mol. The number of hydrogen-bond donors (Lipinski definition) is 0. The van der Waals surface area contributed by atoms with Crippen molar-refractivity contribution in [1.82, 2.24) is 9.97 Å². The fraction of sp³-hybridized carbons (Fsp3) is 0.304. The van der Waals surface area contributed by atoms with Gasteiger partial charge < -0.3 is 9.80 Å². The molecule has 4 nitrogen and oxygen atoms in total. The number of para-hydroxylation sites is 1. The van der Waals surface area contributed by atoms with Crippen molar-refractivity contribution in [2.45, 2.75) is 38.3 Å². The molecule has 3 unspecified atom stereocenters. The minimum atomic E-state index is -0.0319. The number of aromatic nitrogens is 2. The first kappa shape index (κ1) is 15.2. The van der Waals surface area contributed by atoms with Crippen LogP contribution in [0.3, 0.4) is 0 Å². The molecule has 2 aromatic rings. The number of anilines is 3. The lowest BCUT2D eigenvalue weighted by Gasteiger charge is -2.61. The summed E-state index contributed by atoms with van der Waals surface area (Å²) >= 11 is 0. The summed E-state index contributed by atoms with van der Waals surface area (Å²) in [7, 11) is 0. The smallest absolute Gasteiger partial charge is 0.178 e. The van der Waals surface area contributed by atoms with Crippen molar-refractivity contribution in [1.29, 1.82) is 0 Å². The molecule has 0 amide bonds. The van der Waals surface area contributed by atoms with E-state index in [2.05, 4.69) is 78.3 Å². The zero-order valence-corrected chi connectivity index (χ0v) is 15.6. The topological polar surface area (TPSA) is 32.3 Å². The van der Waals surface area contributed by atoms with E-state index in [1.54, 1.807) is 12.4 Å². The van der Waals surface area contributed by atoms with Crippen molar-refractivity contribution in [3.8, 4) is 0 Å². The van der Waals surface area contributed by atoms with Gasteiger partial charge in [0.25, 0.3) is 0 Å². The summed E-state index contributed by atoms with van der Waals surface area (Å²) in [6.45, 7) is 4.75. The zero-order chi connectivity index (χ0) is 18.2. The summed E-state index contributed by atoms with van der Waals surface area (Å²) in [5.41, 5.74) is 3.83. The van der Waals surface area contributed by atoms with Crippen LogP contribution < -0.4 is 9.80 Å². The number of fused-ring (bicyclic) bond motifs is 8. The van der Waals surface area contributed by atoms with Gasteiger partial charge in [0.05, 0.1) is 0 Å². The van der Waals surface area contributed by atoms with Crippen LogP contribution in [0, 0.1) is 5.41 Å². The third-order valence-corrected chi connectivity index (χ3v) is 7.00. The highest BCUT2D eigenvalue weighted by Crippen LogP contribution is 2.65. The predicted octanol–water partition coefficient (Wildman–Crippen LogP) is 4.84. The molecule has 1 aromatic carbocycles. The van der Waals surface area contributed by atoms with E-state index in [9.17, 15) is 0 Å². The molecular weight excluding hydrogens is 332 g/mol. The minimum Gasteiger partial charge on any atom is -0.301 e. The summed E-state index contributed by atoms with van der Waals surface area (Å²) in [5, 5.41) is 0. The standard InChI is InChI=1S/C23H22N4/c1-22-12-13-23(22,2)21-26(16-8-4-3-5-9-16)19-20(25-15-14-24-19)27(21)18-11-7-6-10-17(18)22/h4,6-15,21H,3,5H2,1-2H3. The molecule has 6 rings (SSSR count). The first-order chi connectivity index (χ1) is 13.2. The highest BCUT2D eigenvalue weighted by atomic mass is 15.5. The van der Waals surface area contributed by atoms with Crippen LogP contribution in [0.4, 0.5) is 17.3 Å². The van der Waals surface area contributed by atoms with Crippen molar-refractivity contribution in [3.05, 3.63) is 78.3 Å². The SMILES string of the molecule is CC12C=CC1(C)C1N(C3=CCCC=C3)c3nccnc3N1c1ccccc12. The highest BCUT2D eigenvalue weighted by Gasteiger charge is 2.64. The molecule has 0 radical (unpaired) electrons. The summed E-state index contributed by atoms with van der Waals surface area (Å²) in [6.07, 6.45) is 17.5. The van der Waals surface area contributed by atoms with Crippen molar-refractivity contribution in [2.24, 2.45) is 5.41 Å². The van der Waals surface area contributed by atoms with E-state index < -0.39 is 0 Å². The second-order valence-corrected chi connectivity index (χ2v) is 8.26. The first-order valence-electron chi connectivity index (χ1n) is 9.71. The molecular formula is C23H22N4. The average Bonchev–Trinajstić information content (AvgIpc) is 3.07. The molecule has 0 saturated carbocycles. The summed E-state index contributed by atoms with van der Waals surface area (Å²) in [5.74, 6) is 1.92. The van der Waals surface area contributed by atoms with Gasteiger partial charge in [0.2, 0.25) is 0 Å². The van der Waals surface area contributed by atoms with Crippen LogP contribution in [0.2, 0.25) is 0 Å². The van der Waals surface area contributed by atoms with Gasteiger partial charge in [-0.1, -0.05) is 56.4 Å². The van der Waals surface area contributed by atoms with Gasteiger partial charge in [0.15, 0.2) is 11.6 Å². The van der Waals surface area contributed by atoms with E-state index in [1.165, 1.54) is 16.9 Å². The van der Waals surface area contributed by atoms with Crippen LogP contribution in [0.1, 0.15) is 32.3 Å². The maximum Gasteiger partial charge on any atom is 0.178 e. The molecule has 2 aliphatic carbocycles. The van der Waals surface area contributed by atoms with Crippen LogP contribution in [-0.4, -0.2) is 16.1 Å². The van der Waals surface area contributed by atoms with Gasteiger partial charge in [-0.3, -0.25) is 0 Å². The molecule has 0 spiro atoms. The molecule has 1 aromatic heterocycles.